The van der Waals surface area contributed by atoms with Gasteiger partial charge in [0.2, 0.25) is 0 Å². The number of likely N-dealkylation sites (tertiary alicyclic amines) is 1. The molecule has 2 unspecified atom stereocenters. The molecule has 6 heteroatoms. The zero-order valence-electron chi connectivity index (χ0n) is 17.9. The first-order chi connectivity index (χ1) is 14.6. The van der Waals surface area contributed by atoms with Crippen LogP contribution in [0.5, 0.6) is 0 Å². The second-order valence-corrected chi connectivity index (χ2v) is 8.26. The van der Waals surface area contributed by atoms with E-state index in [4.69, 9.17) is 11.6 Å². The summed E-state index contributed by atoms with van der Waals surface area (Å²) >= 11 is 5.93. The molecule has 30 heavy (non-hydrogen) atoms. The Labute approximate surface area is 185 Å². The van der Waals surface area contributed by atoms with Gasteiger partial charge in [-0.2, -0.15) is 0 Å². The second-order valence-electron chi connectivity index (χ2n) is 7.83. The number of aliphatic hydroxyl groups excluding tert-OH is 1. The molecular weight excluding hydrogens is 396 g/mol. The van der Waals surface area contributed by atoms with E-state index in [0.29, 0.717) is 23.7 Å². The zero-order chi connectivity index (χ0) is 21.3. The van der Waals surface area contributed by atoms with Crippen LogP contribution in [0, 0.1) is 0 Å². The Hall–Kier alpha value is -2.08. The van der Waals surface area contributed by atoms with Crippen molar-refractivity contribution in [2.24, 2.45) is 4.99 Å². The number of rotatable bonds is 7. The molecule has 1 fully saturated rings. The van der Waals surface area contributed by atoms with Crippen molar-refractivity contribution in [3.8, 4) is 0 Å². The van der Waals surface area contributed by atoms with Crippen molar-refractivity contribution in [1.82, 2.24) is 15.5 Å². The molecule has 2 atom stereocenters. The maximum atomic E-state index is 10.4. The average molecular weight is 429 g/mol. The number of nitrogens with zero attached hydrogens (tertiary/aromatic N) is 2. The van der Waals surface area contributed by atoms with Crippen molar-refractivity contribution < 1.29 is 5.11 Å². The van der Waals surface area contributed by atoms with Gasteiger partial charge in [0.25, 0.3) is 0 Å². The summed E-state index contributed by atoms with van der Waals surface area (Å²) in [4.78, 5) is 7.15. The molecule has 1 aliphatic heterocycles. The summed E-state index contributed by atoms with van der Waals surface area (Å²) in [6, 6.07) is 18.8. The van der Waals surface area contributed by atoms with Gasteiger partial charge in [-0.3, -0.25) is 9.89 Å². The van der Waals surface area contributed by atoms with Crippen molar-refractivity contribution in [3.05, 3.63) is 70.7 Å². The molecule has 3 rings (SSSR count). The Morgan fingerprint density at radius 1 is 1.10 bits per heavy atom. The summed E-state index contributed by atoms with van der Waals surface area (Å²) in [5.74, 6) is 0.764. The molecule has 1 aliphatic rings. The number of hydrogen-bond acceptors (Lipinski definition) is 3. The first-order valence-corrected chi connectivity index (χ1v) is 11.2. The van der Waals surface area contributed by atoms with Gasteiger partial charge in [-0.1, -0.05) is 54.1 Å². The lowest BCUT2D eigenvalue weighted by atomic mass is 10.0. The molecule has 3 N–H and O–H groups in total. The maximum absolute atomic E-state index is 10.4. The minimum atomic E-state index is -0.647. The summed E-state index contributed by atoms with van der Waals surface area (Å²) in [6.45, 7) is 7.54. The molecule has 2 aromatic carbocycles. The van der Waals surface area contributed by atoms with Crippen LogP contribution in [0.4, 0.5) is 0 Å². The standard InChI is InChI=1S/C24H33ClN4O/c1-3-26-24(27-17-23(30)20-9-11-21(25)12-10-20)28-22-13-15-29(16-14-22)18(2)19-7-5-4-6-8-19/h4-12,18,22-23,30H,3,13-17H2,1-2H3,(H2,26,27,28). The fourth-order valence-electron chi connectivity index (χ4n) is 3.85. The SMILES string of the molecule is CCNC(=NCC(O)c1ccc(Cl)cc1)NC1CCN(C(C)c2ccccc2)CC1. The van der Waals surface area contributed by atoms with Crippen LogP contribution in [0.25, 0.3) is 0 Å². The molecular formula is C24H33ClN4O. The number of guanidine groups is 1. The summed E-state index contributed by atoms with van der Waals surface area (Å²) in [5.41, 5.74) is 2.19. The largest absolute Gasteiger partial charge is 0.386 e. The molecule has 0 radical (unpaired) electrons. The fourth-order valence-corrected chi connectivity index (χ4v) is 3.98. The number of aliphatic hydroxyl groups is 1. The van der Waals surface area contributed by atoms with Gasteiger partial charge in [0, 0.05) is 36.7 Å². The summed E-state index contributed by atoms with van der Waals surface area (Å²) in [5, 5.41) is 17.9. The molecule has 0 aliphatic carbocycles. The first-order valence-electron chi connectivity index (χ1n) is 10.8. The maximum Gasteiger partial charge on any atom is 0.191 e. The van der Waals surface area contributed by atoms with Gasteiger partial charge >= 0.3 is 0 Å². The average Bonchev–Trinajstić information content (AvgIpc) is 2.78. The second kappa shape index (κ2) is 11.3. The van der Waals surface area contributed by atoms with Crippen LogP contribution in [0.3, 0.4) is 0 Å². The number of benzene rings is 2. The van der Waals surface area contributed by atoms with Crippen molar-refractivity contribution in [2.75, 3.05) is 26.2 Å². The number of nitrogens with one attached hydrogen (secondary N) is 2. The van der Waals surface area contributed by atoms with Gasteiger partial charge in [0.15, 0.2) is 5.96 Å². The number of aliphatic imine (C=N–C) groups is 1. The van der Waals surface area contributed by atoms with Crippen LogP contribution in [-0.4, -0.2) is 48.2 Å². The lowest BCUT2D eigenvalue weighted by molar-refractivity contribution is 0.158. The summed E-state index contributed by atoms with van der Waals surface area (Å²) in [6.07, 6.45) is 1.49. The highest BCUT2D eigenvalue weighted by Gasteiger charge is 2.24. The van der Waals surface area contributed by atoms with E-state index in [0.717, 1.165) is 44.0 Å². The normalized spacial score (nSPS) is 18.1. The van der Waals surface area contributed by atoms with Crippen LogP contribution in [-0.2, 0) is 0 Å². The van der Waals surface area contributed by atoms with E-state index >= 15 is 0 Å². The Balaban J connectivity index is 1.51. The van der Waals surface area contributed by atoms with E-state index in [9.17, 15) is 5.11 Å². The third-order valence-corrected chi connectivity index (χ3v) is 5.97. The lowest BCUT2D eigenvalue weighted by Crippen LogP contribution is -2.49. The highest BCUT2D eigenvalue weighted by molar-refractivity contribution is 6.30. The van der Waals surface area contributed by atoms with E-state index < -0.39 is 6.10 Å². The van der Waals surface area contributed by atoms with E-state index in [2.05, 4.69) is 64.7 Å². The van der Waals surface area contributed by atoms with E-state index in [1.807, 2.05) is 12.1 Å². The molecule has 0 aromatic heterocycles. The van der Waals surface area contributed by atoms with Crippen molar-refractivity contribution >= 4 is 17.6 Å². The molecule has 2 aromatic rings. The molecule has 5 nitrogen and oxygen atoms in total. The number of hydrogen-bond donors (Lipinski definition) is 3. The van der Waals surface area contributed by atoms with E-state index in [1.165, 1.54) is 5.56 Å². The van der Waals surface area contributed by atoms with Crippen LogP contribution in [0.15, 0.2) is 59.6 Å². The first kappa shape index (κ1) is 22.6. The van der Waals surface area contributed by atoms with Gasteiger partial charge in [-0.05, 0) is 49.9 Å². The highest BCUT2D eigenvalue weighted by atomic mass is 35.5. The van der Waals surface area contributed by atoms with E-state index in [1.54, 1.807) is 12.1 Å². The molecule has 0 saturated carbocycles. The lowest BCUT2D eigenvalue weighted by Gasteiger charge is -2.37. The Bertz CT molecular complexity index is 789. The number of piperidine rings is 1. The zero-order valence-corrected chi connectivity index (χ0v) is 18.6. The summed E-state index contributed by atoms with van der Waals surface area (Å²) < 4.78 is 0. The predicted molar refractivity (Wildman–Crippen MR) is 125 cm³/mol. The Kier molecular flexibility index (Phi) is 8.55. The monoisotopic (exact) mass is 428 g/mol. The molecule has 1 saturated heterocycles. The van der Waals surface area contributed by atoms with Crippen molar-refractivity contribution in [3.63, 3.8) is 0 Å². The quantitative estimate of drug-likeness (QED) is 0.458. The third kappa shape index (κ3) is 6.46. The third-order valence-electron chi connectivity index (χ3n) is 5.72. The van der Waals surface area contributed by atoms with Crippen molar-refractivity contribution in [2.45, 2.75) is 44.9 Å². The van der Waals surface area contributed by atoms with Crippen LogP contribution in [0.1, 0.15) is 50.0 Å². The van der Waals surface area contributed by atoms with Crippen LogP contribution in [0.2, 0.25) is 5.02 Å². The van der Waals surface area contributed by atoms with Crippen LogP contribution < -0.4 is 10.6 Å². The minimum absolute atomic E-state index is 0.306. The predicted octanol–water partition coefficient (Wildman–Crippen LogP) is 4.15. The van der Waals surface area contributed by atoms with E-state index in [-0.39, 0.29) is 0 Å². The molecule has 162 valence electrons. The van der Waals surface area contributed by atoms with Gasteiger partial charge in [-0.25, -0.2) is 0 Å². The molecule has 1 heterocycles. The highest BCUT2D eigenvalue weighted by Crippen LogP contribution is 2.24. The fraction of sp³-hybridized carbons (Fsp3) is 0.458. The molecule has 0 spiro atoms. The Morgan fingerprint density at radius 3 is 2.40 bits per heavy atom. The smallest absolute Gasteiger partial charge is 0.191 e. The molecule has 0 amide bonds. The summed E-state index contributed by atoms with van der Waals surface area (Å²) in [7, 11) is 0. The minimum Gasteiger partial charge on any atom is -0.386 e. The van der Waals surface area contributed by atoms with Gasteiger partial charge < -0.3 is 15.7 Å². The Morgan fingerprint density at radius 2 is 1.77 bits per heavy atom. The van der Waals surface area contributed by atoms with Gasteiger partial charge in [-0.15, -0.1) is 0 Å². The van der Waals surface area contributed by atoms with Gasteiger partial charge in [0.1, 0.15) is 0 Å². The van der Waals surface area contributed by atoms with Crippen molar-refractivity contribution in [1.29, 1.82) is 0 Å². The van der Waals surface area contributed by atoms with Crippen LogP contribution >= 0.6 is 11.6 Å². The number of halogens is 1. The van der Waals surface area contributed by atoms with Gasteiger partial charge in [0.05, 0.1) is 12.6 Å². The molecule has 0 bridgehead atoms. The topological polar surface area (TPSA) is 59.9 Å².